The van der Waals surface area contributed by atoms with Crippen LogP contribution in [0.2, 0.25) is 0 Å². The Morgan fingerprint density at radius 1 is 0.925 bits per heavy atom. The van der Waals surface area contributed by atoms with E-state index in [1.54, 1.807) is 12.4 Å². The Morgan fingerprint density at radius 3 is 2.30 bits per heavy atom. The molecule has 2 atom stereocenters. The number of nitrogens with zero attached hydrogens (tertiary/aromatic N) is 2. The van der Waals surface area contributed by atoms with Crippen LogP contribution >= 0.6 is 0 Å². The second-order valence-corrected chi connectivity index (χ2v) is 11.9. The summed E-state index contributed by atoms with van der Waals surface area (Å²) in [5.74, 6) is 0.377. The van der Waals surface area contributed by atoms with E-state index in [0.29, 0.717) is 11.3 Å². The number of nitrogens with one attached hydrogen (secondary N) is 2. The van der Waals surface area contributed by atoms with Gasteiger partial charge in [-0.25, -0.2) is 8.42 Å². The number of para-hydroxylation sites is 1. The lowest BCUT2D eigenvalue weighted by molar-refractivity contribution is -0.0151. The second-order valence-electron chi connectivity index (χ2n) is 9.87. The quantitative estimate of drug-likeness (QED) is 0.313. The van der Waals surface area contributed by atoms with Crippen molar-refractivity contribution in [3.05, 3.63) is 131 Å². The number of hydrogen-bond acceptors (Lipinski definition) is 8. The molecular weight excluding hydrogens is 524 g/mol. The number of ketones is 1. The van der Waals surface area contributed by atoms with Crippen molar-refractivity contribution in [2.24, 2.45) is 0 Å². The predicted molar refractivity (Wildman–Crippen MR) is 152 cm³/mol. The Kier molecular flexibility index (Phi) is 6.93. The topological polar surface area (TPSA) is 101 Å². The number of fused-ring (bicyclic) bond motifs is 3. The first-order valence-corrected chi connectivity index (χ1v) is 14.8. The number of rotatable bonds is 8. The molecule has 0 saturated heterocycles. The zero-order chi connectivity index (χ0) is 27.7. The summed E-state index contributed by atoms with van der Waals surface area (Å²) in [4.78, 5) is 17.8. The van der Waals surface area contributed by atoms with E-state index in [0.717, 1.165) is 41.7 Å². The maximum Gasteiger partial charge on any atom is 0.233 e. The van der Waals surface area contributed by atoms with Crippen LogP contribution in [0, 0.1) is 0 Å². The van der Waals surface area contributed by atoms with Crippen LogP contribution in [0.5, 0.6) is 5.75 Å². The van der Waals surface area contributed by atoms with Gasteiger partial charge in [0.15, 0.2) is 9.84 Å². The zero-order valence-electron chi connectivity index (χ0n) is 21.8. The number of Topliss-reactive ketones (excluding diaryl/α,β-unsaturated/α-hetero) is 1. The van der Waals surface area contributed by atoms with Gasteiger partial charge in [-0.2, -0.15) is 5.01 Å². The lowest BCUT2D eigenvalue weighted by Crippen LogP contribution is -2.52. The molecule has 202 valence electrons. The maximum atomic E-state index is 13.6. The van der Waals surface area contributed by atoms with Crippen molar-refractivity contribution in [1.29, 1.82) is 0 Å². The number of ether oxygens (including phenoxy) is 1. The molecule has 0 amide bonds. The first-order valence-electron chi connectivity index (χ1n) is 12.9. The molecule has 8 nitrogen and oxygen atoms in total. The van der Waals surface area contributed by atoms with Gasteiger partial charge in [0, 0.05) is 42.9 Å². The highest BCUT2D eigenvalue weighted by Crippen LogP contribution is 2.42. The van der Waals surface area contributed by atoms with Crippen LogP contribution in [0.1, 0.15) is 38.7 Å². The minimum absolute atomic E-state index is 0.163. The molecule has 6 rings (SSSR count). The predicted octanol–water partition coefficient (Wildman–Crippen LogP) is 4.28. The summed E-state index contributed by atoms with van der Waals surface area (Å²) in [5.41, 5.74) is 8.95. The average molecular weight is 553 g/mol. The number of sulfone groups is 1. The van der Waals surface area contributed by atoms with E-state index in [1.165, 1.54) is 29.8 Å². The van der Waals surface area contributed by atoms with Gasteiger partial charge in [-0.05, 0) is 65.2 Å². The van der Waals surface area contributed by atoms with Gasteiger partial charge < -0.3 is 15.5 Å². The molecule has 0 radical (unpaired) electrons. The van der Waals surface area contributed by atoms with Gasteiger partial charge in [0.1, 0.15) is 5.75 Å². The summed E-state index contributed by atoms with van der Waals surface area (Å²) in [7, 11) is -3.36. The molecule has 2 unspecified atom stereocenters. The molecule has 4 aromatic rings. The standard InChI is InChI=1S/C31H28N4O4S/c1-40(37,38)25-12-10-24(11-13-25)30(36)31-35-28(26-4-2-3-5-29(26)39-31)18-27(34-35)23-8-6-21(7-9-23)19-33-20-22-14-16-32-17-15-22/h2-18,28,31,33-34H,19-20H2,1H3. The molecule has 0 fully saturated rings. The Hall–Kier alpha value is -4.31. The average Bonchev–Trinajstić information content (AvgIpc) is 3.43. The van der Waals surface area contributed by atoms with Gasteiger partial charge in [-0.1, -0.05) is 42.5 Å². The Labute approximate surface area is 233 Å². The number of aromatic nitrogens is 1. The largest absolute Gasteiger partial charge is 0.465 e. The second kappa shape index (κ2) is 10.7. The SMILES string of the molecule is CS(=O)(=O)c1ccc(C(=O)C2Oc3ccccc3C3C=C(c4ccc(CNCc5ccncc5)cc4)NN23)cc1. The third-order valence-electron chi connectivity index (χ3n) is 7.07. The monoisotopic (exact) mass is 552 g/mol. The molecule has 9 heteroatoms. The molecule has 2 aliphatic heterocycles. The molecule has 0 aliphatic carbocycles. The van der Waals surface area contributed by atoms with Crippen molar-refractivity contribution in [2.45, 2.75) is 30.3 Å². The van der Waals surface area contributed by atoms with E-state index < -0.39 is 16.1 Å². The number of benzene rings is 3. The first kappa shape index (κ1) is 25.9. The van der Waals surface area contributed by atoms with Crippen molar-refractivity contribution in [3.63, 3.8) is 0 Å². The molecule has 0 saturated carbocycles. The highest BCUT2D eigenvalue weighted by atomic mass is 32.2. The summed E-state index contributed by atoms with van der Waals surface area (Å²) in [6, 6.07) is 25.7. The minimum Gasteiger partial charge on any atom is -0.465 e. The molecule has 3 aromatic carbocycles. The van der Waals surface area contributed by atoms with E-state index in [9.17, 15) is 13.2 Å². The van der Waals surface area contributed by atoms with E-state index in [4.69, 9.17) is 4.74 Å². The molecule has 1 aromatic heterocycles. The lowest BCUT2D eigenvalue weighted by Gasteiger charge is -2.37. The summed E-state index contributed by atoms with van der Waals surface area (Å²) in [6.45, 7) is 1.50. The van der Waals surface area contributed by atoms with Gasteiger partial charge >= 0.3 is 0 Å². The van der Waals surface area contributed by atoms with Crippen molar-refractivity contribution in [1.82, 2.24) is 20.7 Å². The highest BCUT2D eigenvalue weighted by molar-refractivity contribution is 7.90. The van der Waals surface area contributed by atoms with E-state index >= 15 is 0 Å². The van der Waals surface area contributed by atoms with Gasteiger partial charge in [-0.15, -0.1) is 0 Å². The summed E-state index contributed by atoms with van der Waals surface area (Å²) < 4.78 is 29.9. The van der Waals surface area contributed by atoms with Crippen molar-refractivity contribution in [3.8, 4) is 5.75 Å². The highest BCUT2D eigenvalue weighted by Gasteiger charge is 2.43. The Balaban J connectivity index is 1.21. The number of carbonyl (C=O) groups excluding carboxylic acids is 1. The molecule has 0 spiro atoms. The van der Waals surface area contributed by atoms with Crippen LogP contribution in [0.15, 0.2) is 108 Å². The van der Waals surface area contributed by atoms with Crippen LogP contribution in [-0.4, -0.2) is 36.7 Å². The number of hydrazine groups is 1. The first-order chi connectivity index (χ1) is 19.4. The van der Waals surface area contributed by atoms with Crippen LogP contribution in [0.3, 0.4) is 0 Å². The lowest BCUT2D eigenvalue weighted by atomic mass is 10.00. The van der Waals surface area contributed by atoms with Crippen molar-refractivity contribution < 1.29 is 17.9 Å². The van der Waals surface area contributed by atoms with Crippen LogP contribution in [0.4, 0.5) is 0 Å². The van der Waals surface area contributed by atoms with Crippen LogP contribution in [-0.2, 0) is 22.9 Å². The number of carbonyl (C=O) groups is 1. The van der Waals surface area contributed by atoms with Crippen molar-refractivity contribution >= 4 is 21.3 Å². The number of pyridine rings is 1. The summed E-state index contributed by atoms with van der Waals surface area (Å²) in [5, 5.41) is 5.26. The van der Waals surface area contributed by atoms with Crippen LogP contribution < -0.4 is 15.5 Å². The normalized spacial score (nSPS) is 18.2. The van der Waals surface area contributed by atoms with Gasteiger partial charge in [0.25, 0.3) is 0 Å². The van der Waals surface area contributed by atoms with E-state index in [-0.39, 0.29) is 16.7 Å². The smallest absolute Gasteiger partial charge is 0.233 e. The summed E-state index contributed by atoms with van der Waals surface area (Å²) in [6.07, 6.45) is 5.89. The van der Waals surface area contributed by atoms with Crippen molar-refractivity contribution in [2.75, 3.05) is 6.26 Å². The minimum atomic E-state index is -3.36. The Bertz CT molecular complexity index is 1670. The maximum absolute atomic E-state index is 13.6. The molecule has 2 aliphatic rings. The Morgan fingerprint density at radius 2 is 1.60 bits per heavy atom. The van der Waals surface area contributed by atoms with E-state index in [1.807, 2.05) is 41.4 Å². The fraction of sp³-hybridized carbons (Fsp3) is 0.161. The third-order valence-corrected chi connectivity index (χ3v) is 8.19. The van der Waals surface area contributed by atoms with Gasteiger partial charge in [0.2, 0.25) is 12.0 Å². The van der Waals surface area contributed by atoms with Gasteiger partial charge in [-0.3, -0.25) is 9.78 Å². The van der Waals surface area contributed by atoms with Crippen LogP contribution in [0.25, 0.3) is 5.70 Å². The molecule has 40 heavy (non-hydrogen) atoms. The zero-order valence-corrected chi connectivity index (χ0v) is 22.6. The fourth-order valence-corrected chi connectivity index (χ4v) is 5.57. The van der Waals surface area contributed by atoms with Gasteiger partial charge in [0.05, 0.1) is 16.6 Å². The molecule has 2 N–H and O–H groups in total. The fourth-order valence-electron chi connectivity index (χ4n) is 4.94. The molecule has 0 bridgehead atoms. The molecular formula is C31H28N4O4S. The third kappa shape index (κ3) is 5.27. The molecule has 3 heterocycles. The van der Waals surface area contributed by atoms with E-state index in [2.05, 4.69) is 46.1 Å². The summed E-state index contributed by atoms with van der Waals surface area (Å²) >= 11 is 0. The number of hydrogen-bond donors (Lipinski definition) is 2.